The molecule has 0 unspecified atom stereocenters. The maximum Gasteiger partial charge on any atom is 0.334 e. The van der Waals surface area contributed by atoms with E-state index in [2.05, 4.69) is 4.98 Å². The fourth-order valence-electron chi connectivity index (χ4n) is 2.14. The summed E-state index contributed by atoms with van der Waals surface area (Å²) in [6.45, 7) is 3.79. The van der Waals surface area contributed by atoms with E-state index in [-0.39, 0.29) is 17.4 Å². The molecular weight excluding hydrogens is 304 g/mol. The second-order valence-electron chi connectivity index (χ2n) is 5.19. The third kappa shape index (κ3) is 2.87. The van der Waals surface area contributed by atoms with Crippen LogP contribution in [0.2, 0.25) is 0 Å². The molecule has 2 aromatic heterocycles. The first-order chi connectivity index (χ1) is 10.4. The molecule has 0 radical (unpaired) electrons. The van der Waals surface area contributed by atoms with Crippen molar-refractivity contribution in [1.82, 2.24) is 18.7 Å². The lowest BCUT2D eigenvalue weighted by molar-refractivity contribution is 0.411. The van der Waals surface area contributed by atoms with Gasteiger partial charge in [0.05, 0.1) is 19.9 Å². The lowest BCUT2D eigenvalue weighted by atomic mass is 10.3. The molecule has 0 spiro atoms. The average Bonchev–Trinajstić information content (AvgIpc) is 2.49. The molecule has 0 aromatic carbocycles. The molecule has 22 heavy (non-hydrogen) atoms. The summed E-state index contributed by atoms with van der Waals surface area (Å²) >= 11 is 5.24. The van der Waals surface area contributed by atoms with E-state index in [1.54, 1.807) is 46.5 Å². The monoisotopic (exact) mass is 322 g/mol. The van der Waals surface area contributed by atoms with Gasteiger partial charge >= 0.3 is 11.4 Å². The van der Waals surface area contributed by atoms with E-state index in [9.17, 15) is 9.59 Å². The van der Waals surface area contributed by atoms with Crippen LogP contribution >= 0.6 is 12.2 Å². The number of rotatable bonds is 4. The normalized spacial score (nSPS) is 11.0. The van der Waals surface area contributed by atoms with Crippen LogP contribution in [0, 0.1) is 4.77 Å². The maximum atomic E-state index is 12.6. The highest BCUT2D eigenvalue weighted by atomic mass is 32.1. The largest absolute Gasteiger partial charge is 0.495 e. The molecule has 2 rings (SSSR count). The van der Waals surface area contributed by atoms with Gasteiger partial charge in [0.1, 0.15) is 5.75 Å². The van der Waals surface area contributed by atoms with Crippen LogP contribution in [0.1, 0.15) is 25.5 Å². The number of hydrogen-bond acceptors (Lipinski definition) is 5. The molecule has 0 saturated heterocycles. The summed E-state index contributed by atoms with van der Waals surface area (Å²) in [6, 6.07) is 1.52. The highest BCUT2D eigenvalue weighted by Gasteiger charge is 2.14. The zero-order valence-electron chi connectivity index (χ0n) is 12.9. The van der Waals surface area contributed by atoms with Crippen LogP contribution in [0.15, 0.2) is 28.0 Å². The number of pyridine rings is 1. The second kappa shape index (κ2) is 6.27. The van der Waals surface area contributed by atoms with Crippen molar-refractivity contribution in [1.29, 1.82) is 0 Å². The maximum absolute atomic E-state index is 12.6. The number of ether oxygens (including phenoxy) is 1. The van der Waals surface area contributed by atoms with Crippen molar-refractivity contribution in [2.75, 3.05) is 7.11 Å². The smallest absolute Gasteiger partial charge is 0.334 e. The minimum Gasteiger partial charge on any atom is -0.495 e. The molecule has 118 valence electrons. The number of nitrogens with zero attached hydrogens (tertiary/aromatic N) is 4. The van der Waals surface area contributed by atoms with Crippen LogP contribution in [0.4, 0.5) is 0 Å². The van der Waals surface area contributed by atoms with Gasteiger partial charge in [-0.2, -0.15) is 0 Å². The fraction of sp³-hybridized carbons (Fsp3) is 0.429. The van der Waals surface area contributed by atoms with E-state index in [4.69, 9.17) is 17.0 Å². The molecule has 0 N–H and O–H groups in total. The van der Waals surface area contributed by atoms with E-state index < -0.39 is 11.4 Å². The topological polar surface area (TPSA) is 71.0 Å². The van der Waals surface area contributed by atoms with E-state index in [0.717, 1.165) is 5.56 Å². The van der Waals surface area contributed by atoms with Crippen LogP contribution in [0.25, 0.3) is 0 Å². The third-order valence-electron chi connectivity index (χ3n) is 3.31. The van der Waals surface area contributed by atoms with Crippen LogP contribution in [0.5, 0.6) is 5.75 Å². The van der Waals surface area contributed by atoms with Gasteiger partial charge in [-0.25, -0.2) is 14.2 Å². The molecule has 2 heterocycles. The van der Waals surface area contributed by atoms with Gasteiger partial charge in [0.15, 0.2) is 4.77 Å². The predicted molar refractivity (Wildman–Crippen MR) is 85.0 cm³/mol. The van der Waals surface area contributed by atoms with Crippen molar-refractivity contribution in [2.24, 2.45) is 7.05 Å². The number of aromatic nitrogens is 4. The molecule has 0 saturated carbocycles. The summed E-state index contributed by atoms with van der Waals surface area (Å²) in [6.07, 6.45) is 3.21. The second-order valence-corrected chi connectivity index (χ2v) is 5.55. The minimum absolute atomic E-state index is 0.176. The highest BCUT2D eigenvalue weighted by molar-refractivity contribution is 7.71. The molecular formula is C14H18N4O3S. The quantitative estimate of drug-likeness (QED) is 0.789. The first-order valence-corrected chi connectivity index (χ1v) is 7.18. The van der Waals surface area contributed by atoms with E-state index in [0.29, 0.717) is 5.75 Å². The molecule has 0 fully saturated rings. The molecule has 0 aliphatic carbocycles. The Morgan fingerprint density at radius 1 is 1.27 bits per heavy atom. The lowest BCUT2D eigenvalue weighted by Gasteiger charge is -2.15. The van der Waals surface area contributed by atoms with Gasteiger partial charge in [-0.15, -0.1) is 0 Å². The molecule has 0 amide bonds. The lowest BCUT2D eigenvalue weighted by Crippen LogP contribution is -2.46. The van der Waals surface area contributed by atoms with Crippen molar-refractivity contribution < 1.29 is 4.74 Å². The summed E-state index contributed by atoms with van der Waals surface area (Å²) in [5.41, 5.74) is -0.0718. The Kier molecular flexibility index (Phi) is 4.60. The standard InChI is InChI=1S/C14H18N4O3S/c1-9(2)18-12(19)16(3)14(22)17(13(18)20)8-10-5-11(21-4)7-15-6-10/h5-7,9H,8H2,1-4H3. The van der Waals surface area contributed by atoms with Crippen molar-refractivity contribution in [3.63, 3.8) is 0 Å². The Bertz CT molecular complexity index is 864. The van der Waals surface area contributed by atoms with Gasteiger partial charge in [-0.1, -0.05) is 0 Å². The van der Waals surface area contributed by atoms with E-state index >= 15 is 0 Å². The Morgan fingerprint density at radius 3 is 2.55 bits per heavy atom. The first-order valence-electron chi connectivity index (χ1n) is 6.77. The molecule has 0 atom stereocenters. The van der Waals surface area contributed by atoms with Crippen molar-refractivity contribution in [3.8, 4) is 5.75 Å². The van der Waals surface area contributed by atoms with Crippen LogP contribution in [0.3, 0.4) is 0 Å². The van der Waals surface area contributed by atoms with Gasteiger partial charge < -0.3 is 4.74 Å². The summed E-state index contributed by atoms with van der Waals surface area (Å²) in [4.78, 5) is 28.8. The molecule has 8 heteroatoms. The molecule has 2 aromatic rings. The molecule has 0 aliphatic heterocycles. The van der Waals surface area contributed by atoms with Gasteiger partial charge in [0.2, 0.25) is 0 Å². The van der Waals surface area contributed by atoms with Crippen LogP contribution in [-0.2, 0) is 13.6 Å². The van der Waals surface area contributed by atoms with Crippen LogP contribution in [-0.4, -0.2) is 25.8 Å². The van der Waals surface area contributed by atoms with E-state index in [1.165, 1.54) is 13.7 Å². The fourth-order valence-corrected chi connectivity index (χ4v) is 2.36. The van der Waals surface area contributed by atoms with Crippen molar-refractivity contribution in [2.45, 2.75) is 26.4 Å². The van der Waals surface area contributed by atoms with Crippen molar-refractivity contribution in [3.05, 3.63) is 49.8 Å². The third-order valence-corrected chi connectivity index (χ3v) is 3.80. The Labute approximate surface area is 132 Å². The van der Waals surface area contributed by atoms with Gasteiger partial charge in [-0.05, 0) is 37.7 Å². The van der Waals surface area contributed by atoms with Gasteiger partial charge in [-0.3, -0.25) is 14.1 Å². The Balaban J connectivity index is 2.63. The zero-order chi connectivity index (χ0) is 16.4. The minimum atomic E-state index is -0.425. The SMILES string of the molecule is COc1cncc(Cn2c(=S)n(C)c(=O)n(C(C)C)c2=O)c1. The summed E-state index contributed by atoms with van der Waals surface area (Å²) in [7, 11) is 3.10. The first kappa shape index (κ1) is 16.2. The average molecular weight is 322 g/mol. The predicted octanol–water partition coefficient (Wildman–Crippen LogP) is 1.11. The summed E-state index contributed by atoms with van der Waals surface area (Å²) in [5.74, 6) is 0.595. The highest BCUT2D eigenvalue weighted by Crippen LogP contribution is 2.11. The molecule has 0 aliphatic rings. The summed E-state index contributed by atoms with van der Waals surface area (Å²) in [5, 5.41) is 0. The van der Waals surface area contributed by atoms with Gasteiger partial charge in [0.25, 0.3) is 0 Å². The Hall–Kier alpha value is -2.22. The number of hydrogen-bond donors (Lipinski definition) is 0. The Morgan fingerprint density at radius 2 is 1.95 bits per heavy atom. The molecule has 7 nitrogen and oxygen atoms in total. The molecule has 0 bridgehead atoms. The van der Waals surface area contributed by atoms with Crippen LogP contribution < -0.4 is 16.1 Å². The number of methoxy groups -OCH3 is 1. The zero-order valence-corrected chi connectivity index (χ0v) is 13.8. The van der Waals surface area contributed by atoms with Crippen molar-refractivity contribution >= 4 is 12.2 Å². The van der Waals surface area contributed by atoms with Gasteiger partial charge in [0, 0.05) is 19.3 Å². The summed E-state index contributed by atoms with van der Waals surface area (Å²) < 4.78 is 9.16. The van der Waals surface area contributed by atoms with E-state index in [1.807, 2.05) is 0 Å².